The van der Waals surface area contributed by atoms with Crippen molar-refractivity contribution in [3.8, 4) is 0 Å². The number of pyridine rings is 1. The number of carbonyl (C=O) groups excluding carboxylic acids is 1. The second kappa shape index (κ2) is 7.45. The monoisotopic (exact) mass is 389 g/mol. The molecule has 3 heterocycles. The smallest absolute Gasteiger partial charge is 0.355 e. The van der Waals surface area contributed by atoms with Gasteiger partial charge in [-0.2, -0.15) is 13.2 Å². The van der Waals surface area contributed by atoms with E-state index in [9.17, 15) is 18.0 Å². The van der Waals surface area contributed by atoms with Crippen LogP contribution in [0.2, 0.25) is 0 Å². The molecule has 0 spiro atoms. The SMILES string of the molecule is O=C(C1CCCN(c2ncccc2C(F)(F)F)C1)N1CCc2ccccc2C1. The van der Waals surface area contributed by atoms with Gasteiger partial charge in [0.2, 0.25) is 5.91 Å². The molecule has 7 heteroatoms. The summed E-state index contributed by atoms with van der Waals surface area (Å²) in [6.07, 6.45) is -0.901. The van der Waals surface area contributed by atoms with Gasteiger partial charge >= 0.3 is 6.18 Å². The maximum absolute atomic E-state index is 13.3. The fraction of sp³-hybridized carbons (Fsp3) is 0.429. The van der Waals surface area contributed by atoms with Crippen molar-refractivity contribution < 1.29 is 18.0 Å². The summed E-state index contributed by atoms with van der Waals surface area (Å²) in [5, 5.41) is 0. The maximum atomic E-state index is 13.3. The molecule has 0 N–H and O–H groups in total. The number of piperidine rings is 1. The van der Waals surface area contributed by atoms with Gasteiger partial charge in [-0.1, -0.05) is 24.3 Å². The Morgan fingerprint density at radius 2 is 1.86 bits per heavy atom. The normalized spacial score (nSPS) is 20.0. The summed E-state index contributed by atoms with van der Waals surface area (Å²) in [6.45, 7) is 1.98. The van der Waals surface area contributed by atoms with Crippen LogP contribution in [-0.4, -0.2) is 35.4 Å². The highest BCUT2D eigenvalue weighted by molar-refractivity contribution is 5.80. The molecule has 4 rings (SSSR count). The Labute approximate surface area is 162 Å². The van der Waals surface area contributed by atoms with E-state index in [0.29, 0.717) is 32.5 Å². The molecular weight excluding hydrogens is 367 g/mol. The summed E-state index contributed by atoms with van der Waals surface area (Å²) in [6, 6.07) is 10.4. The fourth-order valence-corrected chi connectivity index (χ4v) is 4.18. The molecule has 2 aromatic rings. The van der Waals surface area contributed by atoms with Gasteiger partial charge < -0.3 is 9.80 Å². The highest BCUT2D eigenvalue weighted by Crippen LogP contribution is 2.36. The summed E-state index contributed by atoms with van der Waals surface area (Å²) in [5.74, 6) is -0.345. The van der Waals surface area contributed by atoms with Crippen LogP contribution in [-0.2, 0) is 23.9 Å². The van der Waals surface area contributed by atoms with Crippen LogP contribution in [0.4, 0.5) is 19.0 Å². The van der Waals surface area contributed by atoms with Crippen LogP contribution in [0, 0.1) is 5.92 Å². The number of benzene rings is 1. The van der Waals surface area contributed by atoms with Crippen molar-refractivity contribution in [2.24, 2.45) is 5.92 Å². The molecule has 0 aliphatic carbocycles. The van der Waals surface area contributed by atoms with Gasteiger partial charge in [0.25, 0.3) is 0 Å². The number of hydrogen-bond acceptors (Lipinski definition) is 3. The van der Waals surface area contributed by atoms with Crippen LogP contribution < -0.4 is 4.90 Å². The van der Waals surface area contributed by atoms with E-state index in [4.69, 9.17) is 0 Å². The Morgan fingerprint density at radius 1 is 1.07 bits per heavy atom. The predicted molar refractivity (Wildman–Crippen MR) is 99.7 cm³/mol. The van der Waals surface area contributed by atoms with E-state index >= 15 is 0 Å². The summed E-state index contributed by atoms with van der Waals surface area (Å²) in [4.78, 5) is 20.5. The van der Waals surface area contributed by atoms with Crippen LogP contribution >= 0.6 is 0 Å². The maximum Gasteiger partial charge on any atom is 0.419 e. The molecule has 2 aliphatic heterocycles. The second-order valence-electron chi connectivity index (χ2n) is 7.44. The average molecular weight is 389 g/mol. The molecule has 1 aromatic carbocycles. The summed E-state index contributed by atoms with van der Waals surface area (Å²) in [7, 11) is 0. The molecule has 1 fully saturated rings. The van der Waals surface area contributed by atoms with Crippen molar-refractivity contribution in [3.63, 3.8) is 0 Å². The van der Waals surface area contributed by atoms with Gasteiger partial charge in [0.1, 0.15) is 5.82 Å². The van der Waals surface area contributed by atoms with Crippen molar-refractivity contribution in [1.82, 2.24) is 9.88 Å². The van der Waals surface area contributed by atoms with Crippen LogP contribution in [0.25, 0.3) is 0 Å². The quantitative estimate of drug-likeness (QED) is 0.782. The van der Waals surface area contributed by atoms with Crippen LogP contribution in [0.15, 0.2) is 42.6 Å². The molecule has 1 amide bonds. The lowest BCUT2D eigenvalue weighted by atomic mass is 9.93. The molecule has 4 nitrogen and oxygen atoms in total. The summed E-state index contributed by atoms with van der Waals surface area (Å²) < 4.78 is 40.0. The number of amides is 1. The zero-order valence-electron chi connectivity index (χ0n) is 15.5. The third-order valence-electron chi connectivity index (χ3n) is 5.60. The van der Waals surface area contributed by atoms with Gasteiger partial charge in [-0.3, -0.25) is 4.79 Å². The number of carbonyl (C=O) groups is 1. The predicted octanol–water partition coefficient (Wildman–Crippen LogP) is 3.90. The van der Waals surface area contributed by atoms with E-state index in [2.05, 4.69) is 11.1 Å². The van der Waals surface area contributed by atoms with Crippen molar-refractivity contribution in [2.75, 3.05) is 24.5 Å². The third kappa shape index (κ3) is 3.70. The third-order valence-corrected chi connectivity index (χ3v) is 5.60. The molecule has 1 saturated heterocycles. The van der Waals surface area contributed by atoms with E-state index in [-0.39, 0.29) is 24.2 Å². The lowest BCUT2D eigenvalue weighted by molar-refractivity contribution is -0.137. The van der Waals surface area contributed by atoms with Crippen molar-refractivity contribution in [2.45, 2.75) is 32.0 Å². The highest BCUT2D eigenvalue weighted by atomic mass is 19.4. The van der Waals surface area contributed by atoms with Gasteiger partial charge in [0, 0.05) is 32.4 Å². The Bertz CT molecular complexity index is 868. The lowest BCUT2D eigenvalue weighted by Gasteiger charge is -2.37. The van der Waals surface area contributed by atoms with E-state index in [1.54, 1.807) is 4.90 Å². The number of alkyl halides is 3. The van der Waals surface area contributed by atoms with Gasteiger partial charge in [-0.25, -0.2) is 4.98 Å². The van der Waals surface area contributed by atoms with Crippen LogP contribution in [0.3, 0.4) is 0 Å². The molecular formula is C21H22F3N3O. The molecule has 1 unspecified atom stereocenters. The van der Waals surface area contributed by atoms with Gasteiger partial charge in [0.15, 0.2) is 0 Å². The largest absolute Gasteiger partial charge is 0.419 e. The van der Waals surface area contributed by atoms with Gasteiger partial charge in [-0.15, -0.1) is 0 Å². The number of rotatable bonds is 2. The van der Waals surface area contributed by atoms with Crippen LogP contribution in [0.1, 0.15) is 29.5 Å². The lowest BCUT2D eigenvalue weighted by Crippen LogP contribution is -2.46. The fourth-order valence-electron chi connectivity index (χ4n) is 4.18. The molecule has 28 heavy (non-hydrogen) atoms. The molecule has 0 saturated carbocycles. The molecule has 1 atom stereocenters. The Hall–Kier alpha value is -2.57. The van der Waals surface area contributed by atoms with E-state index in [0.717, 1.165) is 18.1 Å². The first-order valence-corrected chi connectivity index (χ1v) is 9.56. The van der Waals surface area contributed by atoms with E-state index in [1.807, 2.05) is 23.1 Å². The van der Waals surface area contributed by atoms with E-state index in [1.165, 1.54) is 17.8 Å². The first kappa shape index (κ1) is 18.8. The van der Waals surface area contributed by atoms with Crippen molar-refractivity contribution in [1.29, 1.82) is 0 Å². The number of nitrogens with zero attached hydrogens (tertiary/aromatic N) is 3. The zero-order chi connectivity index (χ0) is 19.7. The molecule has 0 radical (unpaired) electrons. The minimum Gasteiger partial charge on any atom is -0.355 e. The number of halogens is 3. The van der Waals surface area contributed by atoms with E-state index < -0.39 is 11.7 Å². The molecule has 1 aromatic heterocycles. The Kier molecular flexibility index (Phi) is 5.00. The average Bonchev–Trinajstić information content (AvgIpc) is 2.72. The molecule has 2 aliphatic rings. The second-order valence-corrected chi connectivity index (χ2v) is 7.44. The number of fused-ring (bicyclic) bond motifs is 1. The number of aromatic nitrogens is 1. The zero-order valence-corrected chi connectivity index (χ0v) is 15.5. The van der Waals surface area contributed by atoms with Crippen molar-refractivity contribution in [3.05, 3.63) is 59.3 Å². The minimum absolute atomic E-state index is 0.0312. The first-order valence-electron chi connectivity index (χ1n) is 9.56. The first-order chi connectivity index (χ1) is 13.4. The Balaban J connectivity index is 1.50. The van der Waals surface area contributed by atoms with Crippen LogP contribution in [0.5, 0.6) is 0 Å². The molecule has 0 bridgehead atoms. The van der Waals surface area contributed by atoms with Gasteiger partial charge in [-0.05, 0) is 42.5 Å². The highest BCUT2D eigenvalue weighted by Gasteiger charge is 2.38. The summed E-state index contributed by atoms with van der Waals surface area (Å²) >= 11 is 0. The van der Waals surface area contributed by atoms with Crippen molar-refractivity contribution >= 4 is 11.7 Å². The summed E-state index contributed by atoms with van der Waals surface area (Å²) in [5.41, 5.74) is 1.67. The standard InChI is InChI=1S/C21H22F3N3O/c22-21(23,24)18-8-3-10-25-19(18)26-11-4-7-17(14-26)20(28)27-12-9-15-5-1-2-6-16(15)13-27/h1-3,5-6,8,10,17H,4,7,9,11-14H2. The molecule has 148 valence electrons. The number of hydrogen-bond donors (Lipinski definition) is 0. The minimum atomic E-state index is -4.46. The Morgan fingerprint density at radius 3 is 2.64 bits per heavy atom. The number of anilines is 1. The van der Waals surface area contributed by atoms with Gasteiger partial charge in [0.05, 0.1) is 11.5 Å². The topological polar surface area (TPSA) is 36.4 Å².